The highest BCUT2D eigenvalue weighted by Gasteiger charge is 2.38. The molecule has 1 aromatic heterocycles. The topological polar surface area (TPSA) is 86.3 Å². The van der Waals surface area contributed by atoms with Gasteiger partial charge in [0.1, 0.15) is 11.9 Å². The van der Waals surface area contributed by atoms with Crippen LogP contribution in [0.25, 0.3) is 22.4 Å². The molecule has 6 nitrogen and oxygen atoms in total. The number of hydrogen-bond donors (Lipinski definition) is 2. The molecule has 0 saturated carbocycles. The zero-order valence-corrected chi connectivity index (χ0v) is 12.1. The van der Waals surface area contributed by atoms with Crippen molar-refractivity contribution in [1.29, 1.82) is 0 Å². The van der Waals surface area contributed by atoms with Crippen molar-refractivity contribution in [2.24, 2.45) is 0 Å². The number of para-hydroxylation sites is 2. The molecule has 23 heavy (non-hydrogen) atoms. The Morgan fingerprint density at radius 1 is 1.09 bits per heavy atom. The van der Waals surface area contributed by atoms with Gasteiger partial charge in [-0.3, -0.25) is 9.59 Å². The molecule has 0 aliphatic carbocycles. The smallest absolute Gasteiger partial charge is 0.263 e. The monoisotopic (exact) mass is 307 g/mol. The number of H-pyrrole nitrogens is 1. The molecule has 6 heteroatoms. The van der Waals surface area contributed by atoms with Crippen LogP contribution >= 0.6 is 0 Å². The van der Waals surface area contributed by atoms with E-state index in [1.54, 1.807) is 24.3 Å². The number of benzene rings is 2. The first kappa shape index (κ1) is 13.7. The first-order chi connectivity index (χ1) is 11.1. The van der Waals surface area contributed by atoms with Gasteiger partial charge >= 0.3 is 0 Å². The van der Waals surface area contributed by atoms with E-state index in [0.717, 1.165) is 27.3 Å². The number of fused-ring (bicyclic) bond motifs is 1. The normalized spacial score (nSPS) is 18.1. The van der Waals surface area contributed by atoms with Crippen LogP contribution in [0.1, 0.15) is 6.42 Å². The van der Waals surface area contributed by atoms with Crippen molar-refractivity contribution in [3.63, 3.8) is 0 Å². The van der Waals surface area contributed by atoms with E-state index >= 15 is 0 Å². The zero-order chi connectivity index (χ0) is 16.0. The van der Waals surface area contributed by atoms with Gasteiger partial charge in [-0.1, -0.05) is 12.1 Å². The summed E-state index contributed by atoms with van der Waals surface area (Å²) in [6.45, 7) is 0. The maximum absolute atomic E-state index is 11.8. The number of nitrogens with one attached hydrogen (secondary N) is 1. The van der Waals surface area contributed by atoms with Crippen LogP contribution in [0.2, 0.25) is 0 Å². The minimum Gasteiger partial charge on any atom is -0.383 e. The number of imidazole rings is 1. The molecular formula is C17H13N3O3. The van der Waals surface area contributed by atoms with Crippen molar-refractivity contribution < 1.29 is 14.7 Å². The average molecular weight is 307 g/mol. The summed E-state index contributed by atoms with van der Waals surface area (Å²) in [6, 6.07) is 14.7. The molecule has 0 radical (unpaired) electrons. The van der Waals surface area contributed by atoms with Gasteiger partial charge in [-0.25, -0.2) is 9.88 Å². The Kier molecular flexibility index (Phi) is 2.99. The Balaban J connectivity index is 1.68. The summed E-state index contributed by atoms with van der Waals surface area (Å²) in [4.78, 5) is 32.4. The van der Waals surface area contributed by atoms with Gasteiger partial charge in [0.25, 0.3) is 5.91 Å². The number of carbonyl (C=O) groups excluding carboxylic acids is 2. The van der Waals surface area contributed by atoms with Crippen molar-refractivity contribution in [3.8, 4) is 11.4 Å². The van der Waals surface area contributed by atoms with E-state index in [4.69, 9.17) is 0 Å². The second-order valence-corrected chi connectivity index (χ2v) is 5.44. The molecule has 2 amide bonds. The molecule has 1 fully saturated rings. The maximum atomic E-state index is 11.8. The lowest BCUT2D eigenvalue weighted by Gasteiger charge is -2.14. The molecule has 1 aliphatic heterocycles. The molecule has 1 saturated heterocycles. The third-order valence-corrected chi connectivity index (χ3v) is 3.91. The molecule has 1 aliphatic rings. The number of aliphatic hydroxyl groups excluding tert-OH is 1. The minimum absolute atomic E-state index is 0.163. The first-order valence-electron chi connectivity index (χ1n) is 7.23. The number of aromatic nitrogens is 2. The quantitative estimate of drug-likeness (QED) is 0.707. The molecule has 2 N–H and O–H groups in total. The van der Waals surface area contributed by atoms with E-state index in [0.29, 0.717) is 5.69 Å². The van der Waals surface area contributed by atoms with Crippen molar-refractivity contribution in [2.75, 3.05) is 4.90 Å². The predicted octanol–water partition coefficient (Wildman–Crippen LogP) is 1.85. The van der Waals surface area contributed by atoms with E-state index in [2.05, 4.69) is 9.97 Å². The highest BCUT2D eigenvalue weighted by atomic mass is 16.3. The summed E-state index contributed by atoms with van der Waals surface area (Å²) >= 11 is 0. The van der Waals surface area contributed by atoms with Crippen LogP contribution in [0.5, 0.6) is 0 Å². The third kappa shape index (κ3) is 2.20. The molecule has 0 bridgehead atoms. The molecular weight excluding hydrogens is 294 g/mol. The second kappa shape index (κ2) is 5.03. The van der Waals surface area contributed by atoms with Crippen molar-refractivity contribution in [3.05, 3.63) is 48.5 Å². The Morgan fingerprint density at radius 2 is 1.83 bits per heavy atom. The van der Waals surface area contributed by atoms with E-state index in [1.807, 2.05) is 24.3 Å². The van der Waals surface area contributed by atoms with Crippen LogP contribution in [-0.2, 0) is 9.59 Å². The van der Waals surface area contributed by atoms with Crippen molar-refractivity contribution in [1.82, 2.24) is 9.97 Å². The fraction of sp³-hybridized carbons (Fsp3) is 0.118. The summed E-state index contributed by atoms with van der Waals surface area (Å²) < 4.78 is 0. The Bertz CT molecular complexity index is 881. The lowest BCUT2D eigenvalue weighted by atomic mass is 10.2. The van der Waals surface area contributed by atoms with Gasteiger partial charge in [0, 0.05) is 5.56 Å². The number of rotatable bonds is 2. The number of carbonyl (C=O) groups is 2. The van der Waals surface area contributed by atoms with Gasteiger partial charge in [-0.05, 0) is 36.4 Å². The molecule has 1 unspecified atom stereocenters. The number of hydrogen-bond acceptors (Lipinski definition) is 4. The summed E-state index contributed by atoms with van der Waals surface area (Å²) in [7, 11) is 0. The molecule has 4 rings (SSSR count). The first-order valence-corrected chi connectivity index (χ1v) is 7.23. The van der Waals surface area contributed by atoms with Crippen molar-refractivity contribution in [2.45, 2.75) is 12.5 Å². The number of anilines is 1. The van der Waals surface area contributed by atoms with Gasteiger partial charge in [-0.2, -0.15) is 0 Å². The van der Waals surface area contributed by atoms with Gasteiger partial charge in [0.15, 0.2) is 0 Å². The van der Waals surface area contributed by atoms with Crippen LogP contribution in [0.4, 0.5) is 5.69 Å². The molecule has 1 atom stereocenters. The van der Waals surface area contributed by atoms with E-state index in [9.17, 15) is 14.7 Å². The second-order valence-electron chi connectivity index (χ2n) is 5.44. The van der Waals surface area contributed by atoms with E-state index < -0.39 is 12.0 Å². The zero-order valence-electron chi connectivity index (χ0n) is 12.1. The van der Waals surface area contributed by atoms with Gasteiger partial charge < -0.3 is 10.1 Å². The lowest BCUT2D eigenvalue weighted by molar-refractivity contribution is -0.124. The molecule has 114 valence electrons. The minimum atomic E-state index is -1.24. The standard InChI is InChI=1S/C17H13N3O3/c21-14-9-15(22)20(17(14)23)11-7-5-10(6-8-11)16-18-12-3-1-2-4-13(12)19-16/h1-8,14,21H,9H2,(H,18,19). The molecule has 2 aromatic carbocycles. The number of nitrogens with zero attached hydrogens (tertiary/aromatic N) is 2. The highest BCUT2D eigenvalue weighted by molar-refractivity contribution is 6.21. The molecule has 2 heterocycles. The Morgan fingerprint density at radius 3 is 2.48 bits per heavy atom. The van der Waals surface area contributed by atoms with Gasteiger partial charge in [0.05, 0.1) is 23.1 Å². The summed E-state index contributed by atoms with van der Waals surface area (Å²) in [6.07, 6.45) is -1.40. The maximum Gasteiger partial charge on any atom is 0.263 e. The predicted molar refractivity (Wildman–Crippen MR) is 84.6 cm³/mol. The van der Waals surface area contributed by atoms with Gasteiger partial charge in [0.2, 0.25) is 5.91 Å². The fourth-order valence-electron chi connectivity index (χ4n) is 2.75. The lowest BCUT2D eigenvalue weighted by Crippen LogP contribution is -2.31. The average Bonchev–Trinajstić information content (AvgIpc) is 3.09. The largest absolute Gasteiger partial charge is 0.383 e. The Labute approximate surface area is 131 Å². The van der Waals surface area contributed by atoms with Crippen LogP contribution in [0, 0.1) is 0 Å². The summed E-state index contributed by atoms with van der Waals surface area (Å²) in [5, 5.41) is 9.49. The molecule has 3 aromatic rings. The van der Waals surface area contributed by atoms with E-state index in [1.165, 1.54) is 0 Å². The highest BCUT2D eigenvalue weighted by Crippen LogP contribution is 2.26. The summed E-state index contributed by atoms with van der Waals surface area (Å²) in [5.41, 5.74) is 3.13. The van der Waals surface area contributed by atoms with Crippen LogP contribution < -0.4 is 4.90 Å². The fourth-order valence-corrected chi connectivity index (χ4v) is 2.75. The van der Waals surface area contributed by atoms with Gasteiger partial charge in [-0.15, -0.1) is 0 Å². The van der Waals surface area contributed by atoms with Crippen LogP contribution in [0.15, 0.2) is 48.5 Å². The number of aliphatic hydroxyl groups is 1. The van der Waals surface area contributed by atoms with Crippen LogP contribution in [-0.4, -0.2) is 33.0 Å². The number of amides is 2. The molecule has 0 spiro atoms. The third-order valence-electron chi connectivity index (χ3n) is 3.91. The SMILES string of the molecule is O=C1CC(O)C(=O)N1c1ccc(-c2nc3ccccc3[nH]2)cc1. The Hall–Kier alpha value is -2.99. The van der Waals surface area contributed by atoms with Crippen molar-refractivity contribution >= 4 is 28.5 Å². The number of aromatic amines is 1. The van der Waals surface area contributed by atoms with E-state index in [-0.39, 0.29) is 12.3 Å². The summed E-state index contributed by atoms with van der Waals surface area (Å²) in [5.74, 6) is -0.248. The van der Waals surface area contributed by atoms with Crippen LogP contribution in [0.3, 0.4) is 0 Å². The number of imide groups is 1.